The Morgan fingerprint density at radius 3 is 2.42 bits per heavy atom. The number of anilines is 1. The number of fused-ring (bicyclic) bond motifs is 1. The molecule has 4 rings (SSSR count). The summed E-state index contributed by atoms with van der Waals surface area (Å²) in [4.78, 5) is 17.3. The number of hydrogen-bond acceptors (Lipinski definition) is 5. The summed E-state index contributed by atoms with van der Waals surface area (Å²) >= 11 is 0. The Bertz CT molecular complexity index is 1210. The first-order valence-electron chi connectivity index (χ1n) is 9.78. The predicted octanol–water partition coefficient (Wildman–Crippen LogP) is 4.94. The molecule has 0 atom stereocenters. The van der Waals surface area contributed by atoms with Gasteiger partial charge in [-0.2, -0.15) is 0 Å². The summed E-state index contributed by atoms with van der Waals surface area (Å²) in [5, 5.41) is 3.66. The number of nitrogens with zero attached hydrogens (tertiary/aromatic N) is 1. The average Bonchev–Trinajstić information content (AvgIpc) is 2.82. The molecule has 0 aliphatic rings. The van der Waals surface area contributed by atoms with Crippen molar-refractivity contribution in [3.05, 3.63) is 78.9 Å². The predicted molar refractivity (Wildman–Crippen MR) is 121 cm³/mol. The van der Waals surface area contributed by atoms with E-state index in [1.54, 1.807) is 32.4 Å². The molecule has 0 bridgehead atoms. The van der Waals surface area contributed by atoms with Crippen LogP contribution in [0, 0.1) is 0 Å². The van der Waals surface area contributed by atoms with Gasteiger partial charge >= 0.3 is 0 Å². The van der Waals surface area contributed by atoms with E-state index in [9.17, 15) is 4.79 Å². The number of pyridine rings is 1. The lowest BCUT2D eigenvalue weighted by Crippen LogP contribution is -2.20. The molecule has 4 aromatic rings. The Hall–Kier alpha value is -4.06. The molecule has 0 spiro atoms. The third kappa shape index (κ3) is 4.59. The molecule has 3 aromatic carbocycles. The van der Waals surface area contributed by atoms with E-state index in [0.29, 0.717) is 22.9 Å². The maximum absolute atomic E-state index is 12.6. The number of para-hydroxylation sites is 1. The quantitative estimate of drug-likeness (QED) is 0.464. The van der Waals surface area contributed by atoms with Gasteiger partial charge in [-0.3, -0.25) is 4.79 Å². The molecule has 31 heavy (non-hydrogen) atoms. The monoisotopic (exact) mass is 414 g/mol. The molecule has 0 fully saturated rings. The van der Waals surface area contributed by atoms with E-state index < -0.39 is 0 Å². The van der Waals surface area contributed by atoms with Gasteiger partial charge in [0.1, 0.15) is 17.2 Å². The van der Waals surface area contributed by atoms with Gasteiger partial charge in [-0.25, -0.2) is 4.98 Å². The van der Waals surface area contributed by atoms with Crippen molar-refractivity contribution in [2.24, 2.45) is 0 Å². The standard InChI is InChI=1S/C25H22N2O4/c1-29-18-12-13-23(30-2)22(14-18)27-25(28)16-31-24-15-21(17-8-4-3-5-9-17)26-20-11-7-6-10-19(20)24/h3-15H,16H2,1-2H3,(H,27,28). The first-order valence-corrected chi connectivity index (χ1v) is 9.78. The number of carbonyl (C=O) groups is 1. The Morgan fingerprint density at radius 1 is 0.871 bits per heavy atom. The summed E-state index contributed by atoms with van der Waals surface area (Å²) in [5.41, 5.74) is 3.07. The summed E-state index contributed by atoms with van der Waals surface area (Å²) in [6.45, 7) is -0.164. The van der Waals surface area contributed by atoms with Gasteiger partial charge in [0.25, 0.3) is 5.91 Å². The van der Waals surface area contributed by atoms with E-state index in [1.165, 1.54) is 0 Å². The van der Waals surface area contributed by atoms with E-state index in [2.05, 4.69) is 5.32 Å². The van der Waals surface area contributed by atoms with Gasteiger partial charge in [0.05, 0.1) is 31.1 Å². The third-order valence-electron chi connectivity index (χ3n) is 4.79. The lowest BCUT2D eigenvalue weighted by Gasteiger charge is -2.14. The van der Waals surface area contributed by atoms with E-state index >= 15 is 0 Å². The van der Waals surface area contributed by atoms with Crippen molar-refractivity contribution in [2.75, 3.05) is 26.1 Å². The van der Waals surface area contributed by atoms with Crippen LogP contribution in [0.3, 0.4) is 0 Å². The highest BCUT2D eigenvalue weighted by Crippen LogP contribution is 2.31. The van der Waals surface area contributed by atoms with Crippen LogP contribution in [0.5, 0.6) is 17.2 Å². The van der Waals surface area contributed by atoms with Crippen molar-refractivity contribution in [1.82, 2.24) is 4.98 Å². The Morgan fingerprint density at radius 2 is 1.65 bits per heavy atom. The topological polar surface area (TPSA) is 69.7 Å². The molecular formula is C25H22N2O4. The van der Waals surface area contributed by atoms with Crippen molar-refractivity contribution in [1.29, 1.82) is 0 Å². The fraction of sp³-hybridized carbons (Fsp3) is 0.120. The van der Waals surface area contributed by atoms with E-state index in [4.69, 9.17) is 19.2 Å². The number of carbonyl (C=O) groups excluding carboxylic acids is 1. The number of benzene rings is 3. The van der Waals surface area contributed by atoms with Crippen molar-refractivity contribution >= 4 is 22.5 Å². The molecule has 1 N–H and O–H groups in total. The minimum Gasteiger partial charge on any atom is -0.497 e. The molecule has 1 aromatic heterocycles. The van der Waals surface area contributed by atoms with Gasteiger partial charge in [-0.1, -0.05) is 42.5 Å². The van der Waals surface area contributed by atoms with Crippen molar-refractivity contribution in [3.63, 3.8) is 0 Å². The number of ether oxygens (including phenoxy) is 3. The van der Waals surface area contributed by atoms with E-state index in [0.717, 1.165) is 22.2 Å². The average molecular weight is 414 g/mol. The van der Waals surface area contributed by atoms with Crippen LogP contribution in [-0.2, 0) is 4.79 Å². The van der Waals surface area contributed by atoms with Crippen molar-refractivity contribution in [3.8, 4) is 28.5 Å². The Labute approximate surface area is 180 Å². The Balaban J connectivity index is 1.57. The molecule has 6 heteroatoms. The van der Waals surface area contributed by atoms with Crippen LogP contribution in [0.4, 0.5) is 5.69 Å². The fourth-order valence-electron chi connectivity index (χ4n) is 3.26. The molecule has 1 heterocycles. The van der Waals surface area contributed by atoms with Gasteiger partial charge in [0, 0.05) is 23.1 Å². The van der Waals surface area contributed by atoms with Crippen LogP contribution in [0.1, 0.15) is 0 Å². The molecule has 0 aliphatic heterocycles. The molecule has 0 saturated carbocycles. The lowest BCUT2D eigenvalue weighted by molar-refractivity contribution is -0.118. The van der Waals surface area contributed by atoms with Gasteiger partial charge in [-0.05, 0) is 24.3 Å². The van der Waals surface area contributed by atoms with Crippen LogP contribution in [0.15, 0.2) is 78.9 Å². The van der Waals surface area contributed by atoms with Crippen molar-refractivity contribution < 1.29 is 19.0 Å². The molecular weight excluding hydrogens is 392 g/mol. The smallest absolute Gasteiger partial charge is 0.262 e. The largest absolute Gasteiger partial charge is 0.497 e. The molecule has 6 nitrogen and oxygen atoms in total. The highest BCUT2D eigenvalue weighted by Gasteiger charge is 2.13. The van der Waals surface area contributed by atoms with E-state index in [1.807, 2.05) is 60.7 Å². The Kier molecular flexibility index (Phi) is 5.98. The number of methoxy groups -OCH3 is 2. The molecule has 0 aliphatic carbocycles. The fourth-order valence-corrected chi connectivity index (χ4v) is 3.26. The van der Waals surface area contributed by atoms with Crippen LogP contribution >= 0.6 is 0 Å². The first-order chi connectivity index (χ1) is 15.2. The minimum atomic E-state index is -0.311. The molecule has 0 saturated heterocycles. The number of rotatable bonds is 7. The number of hydrogen-bond donors (Lipinski definition) is 1. The van der Waals surface area contributed by atoms with Crippen LogP contribution < -0.4 is 19.5 Å². The zero-order valence-corrected chi connectivity index (χ0v) is 17.3. The normalized spacial score (nSPS) is 10.5. The summed E-state index contributed by atoms with van der Waals surface area (Å²) in [6.07, 6.45) is 0. The minimum absolute atomic E-state index is 0.164. The second-order valence-corrected chi connectivity index (χ2v) is 6.79. The number of amides is 1. The SMILES string of the molecule is COc1ccc(OC)c(NC(=O)COc2cc(-c3ccccc3)nc3ccccc23)c1. The van der Waals surface area contributed by atoms with Gasteiger partial charge in [0.15, 0.2) is 6.61 Å². The highest BCUT2D eigenvalue weighted by atomic mass is 16.5. The molecule has 0 unspecified atom stereocenters. The third-order valence-corrected chi connectivity index (χ3v) is 4.79. The summed E-state index contributed by atoms with van der Waals surface area (Å²) in [5.74, 6) is 1.44. The number of aromatic nitrogens is 1. The lowest BCUT2D eigenvalue weighted by atomic mass is 10.1. The van der Waals surface area contributed by atoms with E-state index in [-0.39, 0.29) is 12.5 Å². The number of nitrogens with one attached hydrogen (secondary N) is 1. The zero-order valence-electron chi connectivity index (χ0n) is 17.3. The summed E-state index contributed by atoms with van der Waals surface area (Å²) in [7, 11) is 3.11. The van der Waals surface area contributed by atoms with Gasteiger partial charge in [-0.15, -0.1) is 0 Å². The van der Waals surface area contributed by atoms with Crippen molar-refractivity contribution in [2.45, 2.75) is 0 Å². The van der Waals surface area contributed by atoms with Crippen LogP contribution in [0.25, 0.3) is 22.2 Å². The zero-order chi connectivity index (χ0) is 21.6. The highest BCUT2D eigenvalue weighted by molar-refractivity contribution is 5.94. The second kappa shape index (κ2) is 9.17. The molecule has 1 amide bonds. The second-order valence-electron chi connectivity index (χ2n) is 6.79. The van der Waals surface area contributed by atoms with Gasteiger partial charge in [0.2, 0.25) is 0 Å². The van der Waals surface area contributed by atoms with Crippen LogP contribution in [0.2, 0.25) is 0 Å². The molecule has 0 radical (unpaired) electrons. The molecule has 156 valence electrons. The van der Waals surface area contributed by atoms with Crippen LogP contribution in [-0.4, -0.2) is 31.7 Å². The van der Waals surface area contributed by atoms with Gasteiger partial charge < -0.3 is 19.5 Å². The maximum atomic E-state index is 12.6. The summed E-state index contributed by atoms with van der Waals surface area (Å²) < 4.78 is 16.5. The first kappa shape index (κ1) is 20.2. The summed E-state index contributed by atoms with van der Waals surface area (Å²) in [6, 6.07) is 24.6. The maximum Gasteiger partial charge on any atom is 0.262 e.